The van der Waals surface area contributed by atoms with E-state index in [9.17, 15) is 0 Å². The summed E-state index contributed by atoms with van der Waals surface area (Å²) in [4.78, 5) is 16.0. The van der Waals surface area contributed by atoms with Gasteiger partial charge in [0, 0.05) is 27.7 Å². The summed E-state index contributed by atoms with van der Waals surface area (Å²) in [5, 5.41) is 2.36. The third-order valence-electron chi connectivity index (χ3n) is 14.8. The fourth-order valence-corrected chi connectivity index (χ4v) is 12.3. The molecule has 1 aromatic heterocycles. The molecular formula is C54H41N3O. The summed E-state index contributed by atoms with van der Waals surface area (Å²) in [5.74, 6) is 7.81. The van der Waals surface area contributed by atoms with Crippen LogP contribution in [-0.4, -0.2) is 15.0 Å². The summed E-state index contributed by atoms with van der Waals surface area (Å²) < 4.78 is 6.71. The van der Waals surface area contributed by atoms with Crippen molar-refractivity contribution >= 4 is 10.8 Å². The van der Waals surface area contributed by atoms with Crippen LogP contribution >= 0.6 is 0 Å². The van der Waals surface area contributed by atoms with Gasteiger partial charge in [0.15, 0.2) is 11.6 Å². The van der Waals surface area contributed by atoms with E-state index in [4.69, 9.17) is 19.7 Å². The van der Waals surface area contributed by atoms with Gasteiger partial charge in [-0.25, -0.2) is 15.0 Å². The molecule has 0 bridgehead atoms. The number of rotatable bonds is 4. The van der Waals surface area contributed by atoms with Crippen LogP contribution in [0.3, 0.4) is 0 Å². The zero-order valence-corrected chi connectivity index (χ0v) is 32.4. The van der Waals surface area contributed by atoms with E-state index in [2.05, 4.69) is 165 Å². The van der Waals surface area contributed by atoms with E-state index in [1.165, 1.54) is 69.8 Å². The van der Waals surface area contributed by atoms with Crippen LogP contribution in [0, 0.1) is 23.7 Å². The Hall–Kier alpha value is -6.39. The first kappa shape index (κ1) is 32.7. The van der Waals surface area contributed by atoms with Crippen molar-refractivity contribution in [2.24, 2.45) is 23.7 Å². The summed E-state index contributed by atoms with van der Waals surface area (Å²) >= 11 is 0. The second kappa shape index (κ2) is 11.8. The molecule has 7 aromatic carbocycles. The summed E-state index contributed by atoms with van der Waals surface area (Å²) in [7, 11) is 0. The predicted molar refractivity (Wildman–Crippen MR) is 231 cm³/mol. The summed E-state index contributed by atoms with van der Waals surface area (Å²) in [5.41, 5.74) is 11.3. The van der Waals surface area contributed by atoms with Crippen molar-refractivity contribution < 1.29 is 4.74 Å². The van der Waals surface area contributed by atoms with Gasteiger partial charge >= 0.3 is 0 Å². The zero-order valence-electron chi connectivity index (χ0n) is 32.4. The highest BCUT2D eigenvalue weighted by Crippen LogP contribution is 2.67. The minimum atomic E-state index is -0.498. The van der Waals surface area contributed by atoms with Gasteiger partial charge in [0.2, 0.25) is 0 Å². The summed E-state index contributed by atoms with van der Waals surface area (Å²) in [6, 6.07) is 57.0. The molecule has 3 saturated carbocycles. The number of para-hydroxylation sites is 1. The Balaban J connectivity index is 0.935. The van der Waals surface area contributed by atoms with Crippen LogP contribution in [0.25, 0.3) is 55.8 Å². The monoisotopic (exact) mass is 747 g/mol. The Morgan fingerprint density at radius 3 is 1.83 bits per heavy atom. The highest BCUT2D eigenvalue weighted by molar-refractivity contribution is 5.95. The highest BCUT2D eigenvalue weighted by Gasteiger charge is 2.60. The van der Waals surface area contributed by atoms with Gasteiger partial charge in [0.1, 0.15) is 17.3 Å². The van der Waals surface area contributed by atoms with E-state index in [1.54, 1.807) is 0 Å². The van der Waals surface area contributed by atoms with Crippen molar-refractivity contribution in [3.8, 4) is 56.5 Å². The lowest BCUT2D eigenvalue weighted by Crippen LogP contribution is -2.58. The number of hydrogen-bond acceptors (Lipinski definition) is 4. The molecule has 0 N–H and O–H groups in total. The van der Waals surface area contributed by atoms with Gasteiger partial charge in [0.25, 0.3) is 0 Å². The molecule has 5 atom stereocenters. The average Bonchev–Trinajstić information content (AvgIpc) is 3.55. The van der Waals surface area contributed by atoms with E-state index in [-0.39, 0.29) is 5.41 Å². The lowest BCUT2D eigenvalue weighted by Gasteiger charge is -2.65. The number of benzene rings is 7. The van der Waals surface area contributed by atoms with Crippen molar-refractivity contribution in [3.63, 3.8) is 0 Å². The Morgan fingerprint density at radius 1 is 0.483 bits per heavy atom. The second-order valence-electron chi connectivity index (χ2n) is 17.9. The van der Waals surface area contributed by atoms with Crippen molar-refractivity contribution in [1.82, 2.24) is 15.0 Å². The molecule has 2 heterocycles. The van der Waals surface area contributed by atoms with Crippen LogP contribution in [0.5, 0.6) is 11.5 Å². The molecular weight excluding hydrogens is 707 g/mol. The van der Waals surface area contributed by atoms with E-state index >= 15 is 0 Å². The average molecular weight is 748 g/mol. The number of aromatic nitrogens is 3. The Kier molecular flexibility index (Phi) is 6.66. The fraction of sp³-hybridized carbons (Fsp3) is 0.204. The summed E-state index contributed by atoms with van der Waals surface area (Å²) in [6.45, 7) is 2.43. The molecule has 4 aliphatic carbocycles. The second-order valence-corrected chi connectivity index (χ2v) is 17.9. The van der Waals surface area contributed by atoms with E-state index in [1.807, 2.05) is 0 Å². The normalized spacial score (nSPS) is 23.7. The molecule has 4 heteroatoms. The van der Waals surface area contributed by atoms with E-state index < -0.39 is 5.41 Å². The van der Waals surface area contributed by atoms with Crippen LogP contribution in [0.15, 0.2) is 158 Å². The quantitative estimate of drug-likeness (QED) is 0.180. The lowest BCUT2D eigenvalue weighted by molar-refractivity contribution is -0.142. The minimum Gasteiger partial charge on any atom is -0.457 e. The topological polar surface area (TPSA) is 47.9 Å². The van der Waals surface area contributed by atoms with E-state index in [0.29, 0.717) is 0 Å². The first-order valence-electron chi connectivity index (χ1n) is 21.0. The third-order valence-corrected chi connectivity index (χ3v) is 14.8. The molecule has 4 unspecified atom stereocenters. The fourth-order valence-electron chi connectivity index (χ4n) is 12.3. The van der Waals surface area contributed by atoms with Gasteiger partial charge < -0.3 is 4.74 Å². The highest BCUT2D eigenvalue weighted by atomic mass is 16.5. The van der Waals surface area contributed by atoms with Crippen molar-refractivity contribution in [2.75, 3.05) is 0 Å². The van der Waals surface area contributed by atoms with Crippen molar-refractivity contribution in [2.45, 2.75) is 43.4 Å². The first-order valence-corrected chi connectivity index (χ1v) is 21.0. The molecule has 4 nitrogen and oxygen atoms in total. The van der Waals surface area contributed by atoms with Crippen LogP contribution in [0.4, 0.5) is 0 Å². The molecule has 58 heavy (non-hydrogen) atoms. The maximum Gasteiger partial charge on any atom is 0.164 e. The largest absolute Gasteiger partial charge is 0.457 e. The van der Waals surface area contributed by atoms with E-state index in [0.717, 1.165) is 74.9 Å². The maximum atomic E-state index is 6.71. The predicted octanol–water partition coefficient (Wildman–Crippen LogP) is 12.8. The Morgan fingerprint density at radius 2 is 1.07 bits per heavy atom. The zero-order chi connectivity index (χ0) is 38.2. The molecule has 1 aliphatic heterocycles. The number of nitrogens with zero attached hydrogens (tertiary/aromatic N) is 3. The third kappa shape index (κ3) is 4.43. The van der Waals surface area contributed by atoms with Gasteiger partial charge in [-0.2, -0.15) is 0 Å². The smallest absolute Gasteiger partial charge is 0.164 e. The Bertz CT molecular complexity index is 2940. The van der Waals surface area contributed by atoms with Gasteiger partial charge in [-0.3, -0.25) is 0 Å². The molecule has 5 aliphatic rings. The van der Waals surface area contributed by atoms with Crippen LogP contribution < -0.4 is 4.74 Å². The van der Waals surface area contributed by atoms with Crippen LogP contribution in [0.2, 0.25) is 0 Å². The van der Waals surface area contributed by atoms with Gasteiger partial charge in [-0.05, 0) is 112 Å². The molecule has 0 saturated heterocycles. The van der Waals surface area contributed by atoms with Crippen LogP contribution in [0.1, 0.15) is 60.7 Å². The number of fused-ring (bicyclic) bond motifs is 10. The maximum absolute atomic E-state index is 6.71. The standard InChI is InChI=1S/C54H41N3O/c1-53(30-37-27-36-28-38(31-53)49(36)37)52-56-50(55-51(57-52)42-16-10-12-33-11-2-3-13-39(33)42)34-23-21-32(22-24-34)35-25-26-48-46(29-35)54(45-19-8-9-20-47(45)58-48)43-17-6-4-14-40(43)41-15-5-7-18-44(41)54/h2-26,29,36-38,49H,27-28,30-31H2,1H3/t36?,37-,38?,49?,53?/m0/s1. The number of hydrogen-bond donors (Lipinski definition) is 0. The van der Waals surface area contributed by atoms with Gasteiger partial charge in [0.05, 0.1) is 5.41 Å². The molecule has 8 aromatic rings. The minimum absolute atomic E-state index is 0.0640. The number of ether oxygens (including phenoxy) is 1. The SMILES string of the molecule is CC1(c2nc(-c3ccc(-c4ccc5c(c4)C4(c6ccccc6O5)c5ccccc5-c5ccccc54)cc3)nc(-c3cccc4ccccc34)n2)CC2CC3C[C@@H](C1)C32. The molecule has 3 fully saturated rings. The van der Waals surface area contributed by atoms with Gasteiger partial charge in [-0.15, -0.1) is 0 Å². The lowest BCUT2D eigenvalue weighted by atomic mass is 9.40. The van der Waals surface area contributed by atoms with Crippen LogP contribution in [-0.2, 0) is 10.8 Å². The molecule has 1 spiro atoms. The first-order chi connectivity index (χ1) is 28.5. The van der Waals surface area contributed by atoms with Crippen molar-refractivity contribution in [3.05, 3.63) is 186 Å². The molecule has 0 amide bonds. The molecule has 13 rings (SSSR count). The summed E-state index contributed by atoms with van der Waals surface area (Å²) in [6.07, 6.45) is 5.11. The van der Waals surface area contributed by atoms with Crippen molar-refractivity contribution in [1.29, 1.82) is 0 Å². The Labute approximate surface area is 338 Å². The van der Waals surface area contributed by atoms with Gasteiger partial charge in [-0.1, -0.05) is 146 Å². The molecule has 278 valence electrons. The molecule has 0 radical (unpaired) electrons.